The van der Waals surface area contributed by atoms with Gasteiger partial charge in [0.15, 0.2) is 0 Å². The van der Waals surface area contributed by atoms with Crippen molar-refractivity contribution in [2.75, 3.05) is 39.5 Å². The molecular weight excluding hydrogens is 264 g/mol. The third-order valence-corrected chi connectivity index (χ3v) is 4.55. The molecule has 6 nitrogen and oxygen atoms in total. The number of anilines is 1. The summed E-state index contributed by atoms with van der Waals surface area (Å²) in [5.41, 5.74) is 5.55. The third-order valence-electron chi connectivity index (χ3n) is 2.66. The van der Waals surface area contributed by atoms with E-state index in [2.05, 4.69) is 4.98 Å². The monoisotopic (exact) mass is 286 g/mol. The second-order valence-electron chi connectivity index (χ2n) is 4.62. The predicted octanol–water partition coefficient (Wildman–Crippen LogP) is 0.626. The molecule has 1 aromatic heterocycles. The minimum absolute atomic E-state index is 0.201. The summed E-state index contributed by atoms with van der Waals surface area (Å²) in [6, 6.07) is 2.87. The van der Waals surface area contributed by atoms with Crippen LogP contribution in [0.1, 0.15) is 13.3 Å². The van der Waals surface area contributed by atoms with Crippen molar-refractivity contribution in [2.45, 2.75) is 18.2 Å². The molecule has 0 aliphatic carbocycles. The fraction of sp³-hybridized carbons (Fsp3) is 0.583. The first-order valence-corrected chi connectivity index (χ1v) is 7.68. The van der Waals surface area contributed by atoms with Crippen LogP contribution in [-0.4, -0.2) is 56.3 Å². The van der Waals surface area contributed by atoms with Crippen LogP contribution in [0.5, 0.6) is 0 Å². The number of sulfonamides is 1. The topological polar surface area (TPSA) is 79.5 Å². The normalized spacial score (nSPS) is 12.3. The van der Waals surface area contributed by atoms with Crippen LogP contribution in [0.3, 0.4) is 0 Å². The van der Waals surface area contributed by atoms with E-state index in [0.29, 0.717) is 19.6 Å². The molecule has 0 aliphatic heterocycles. The van der Waals surface area contributed by atoms with Crippen molar-refractivity contribution in [3.63, 3.8) is 0 Å². The highest BCUT2D eigenvalue weighted by atomic mass is 32.2. The van der Waals surface area contributed by atoms with Crippen molar-refractivity contribution >= 4 is 15.8 Å². The zero-order chi connectivity index (χ0) is 14.5. The van der Waals surface area contributed by atoms with Crippen LogP contribution in [0.15, 0.2) is 23.2 Å². The van der Waals surface area contributed by atoms with Gasteiger partial charge in [-0.25, -0.2) is 13.4 Å². The molecule has 0 spiro atoms. The number of hydrogen-bond donors (Lipinski definition) is 1. The van der Waals surface area contributed by atoms with E-state index in [1.165, 1.54) is 22.6 Å². The molecule has 0 saturated heterocycles. The highest BCUT2D eigenvalue weighted by Crippen LogP contribution is 2.16. The van der Waals surface area contributed by atoms with Crippen LogP contribution in [0, 0.1) is 0 Å². The van der Waals surface area contributed by atoms with Crippen LogP contribution < -0.4 is 5.73 Å². The smallest absolute Gasteiger partial charge is 0.243 e. The Morgan fingerprint density at radius 2 is 1.95 bits per heavy atom. The number of nitrogens with zero attached hydrogens (tertiary/aromatic N) is 3. The van der Waals surface area contributed by atoms with Gasteiger partial charge in [0.2, 0.25) is 10.0 Å². The molecule has 0 amide bonds. The lowest BCUT2D eigenvalue weighted by molar-refractivity contribution is 0.333. The molecule has 1 heterocycles. The average Bonchev–Trinajstić information content (AvgIpc) is 2.34. The summed E-state index contributed by atoms with van der Waals surface area (Å²) in [5, 5.41) is 0. The van der Waals surface area contributed by atoms with E-state index in [1.807, 2.05) is 25.9 Å². The molecule has 0 atom stereocenters. The Hall–Kier alpha value is -1.18. The molecule has 0 saturated carbocycles. The average molecular weight is 286 g/mol. The summed E-state index contributed by atoms with van der Waals surface area (Å²) in [6.07, 6.45) is 2.19. The Bertz CT molecular complexity index is 502. The molecule has 1 aromatic rings. The Morgan fingerprint density at radius 1 is 1.26 bits per heavy atom. The molecule has 1 rings (SSSR count). The van der Waals surface area contributed by atoms with Crippen molar-refractivity contribution < 1.29 is 8.42 Å². The summed E-state index contributed by atoms with van der Waals surface area (Å²) in [5.74, 6) is 0.213. The molecule has 7 heteroatoms. The lowest BCUT2D eigenvalue weighted by Gasteiger charge is -2.23. The number of nitrogens with two attached hydrogens (primary N) is 1. The number of aromatic nitrogens is 1. The Morgan fingerprint density at radius 3 is 2.47 bits per heavy atom. The van der Waals surface area contributed by atoms with Gasteiger partial charge in [-0.1, -0.05) is 6.92 Å². The van der Waals surface area contributed by atoms with E-state index >= 15 is 0 Å². The summed E-state index contributed by atoms with van der Waals surface area (Å²) in [6.45, 7) is 3.60. The number of pyridine rings is 1. The zero-order valence-corrected chi connectivity index (χ0v) is 12.5. The molecule has 0 bridgehead atoms. The summed E-state index contributed by atoms with van der Waals surface area (Å²) < 4.78 is 26.5. The maximum atomic E-state index is 12.5. The number of nitrogen functional groups attached to an aromatic ring is 1. The summed E-state index contributed by atoms with van der Waals surface area (Å²) in [7, 11) is 0.341. The van der Waals surface area contributed by atoms with Crippen LogP contribution >= 0.6 is 0 Å². The van der Waals surface area contributed by atoms with Gasteiger partial charge >= 0.3 is 0 Å². The van der Waals surface area contributed by atoms with Crippen LogP contribution in [0.4, 0.5) is 5.82 Å². The fourth-order valence-electron chi connectivity index (χ4n) is 1.65. The Balaban J connectivity index is 2.98. The number of rotatable bonds is 7. The molecule has 0 unspecified atom stereocenters. The zero-order valence-electron chi connectivity index (χ0n) is 11.7. The minimum Gasteiger partial charge on any atom is -0.384 e. The highest BCUT2D eigenvalue weighted by molar-refractivity contribution is 7.89. The van der Waals surface area contributed by atoms with E-state index in [-0.39, 0.29) is 10.7 Å². The first-order chi connectivity index (χ1) is 8.87. The van der Waals surface area contributed by atoms with Crippen molar-refractivity contribution in [3.8, 4) is 0 Å². The predicted molar refractivity (Wildman–Crippen MR) is 76.3 cm³/mol. The molecule has 0 aliphatic rings. The van der Waals surface area contributed by atoms with Gasteiger partial charge in [-0.05, 0) is 26.6 Å². The van der Waals surface area contributed by atoms with Gasteiger partial charge in [-0.15, -0.1) is 0 Å². The molecule has 108 valence electrons. The van der Waals surface area contributed by atoms with E-state index in [9.17, 15) is 8.42 Å². The first-order valence-electron chi connectivity index (χ1n) is 6.24. The van der Waals surface area contributed by atoms with Gasteiger partial charge in [0.25, 0.3) is 0 Å². The van der Waals surface area contributed by atoms with E-state index < -0.39 is 10.0 Å². The Kier molecular flexibility index (Phi) is 5.71. The van der Waals surface area contributed by atoms with Crippen LogP contribution in [0.2, 0.25) is 0 Å². The highest BCUT2D eigenvalue weighted by Gasteiger charge is 2.23. The number of hydrogen-bond acceptors (Lipinski definition) is 5. The van der Waals surface area contributed by atoms with Crippen molar-refractivity contribution in [1.82, 2.24) is 14.2 Å². The molecule has 0 fully saturated rings. The van der Waals surface area contributed by atoms with Gasteiger partial charge in [-0.3, -0.25) is 0 Å². The summed E-state index contributed by atoms with van der Waals surface area (Å²) >= 11 is 0. The summed E-state index contributed by atoms with van der Waals surface area (Å²) in [4.78, 5) is 5.98. The first kappa shape index (κ1) is 15.9. The third kappa shape index (κ3) is 4.45. The van der Waals surface area contributed by atoms with Crippen LogP contribution in [-0.2, 0) is 10.0 Å². The largest absolute Gasteiger partial charge is 0.384 e. The van der Waals surface area contributed by atoms with Crippen LogP contribution in [0.25, 0.3) is 0 Å². The van der Waals surface area contributed by atoms with Crippen molar-refractivity contribution in [3.05, 3.63) is 18.3 Å². The molecule has 0 radical (unpaired) electrons. The lowest BCUT2D eigenvalue weighted by atomic mass is 10.4. The molecular formula is C12H22N4O2S. The van der Waals surface area contributed by atoms with Crippen molar-refractivity contribution in [1.29, 1.82) is 0 Å². The SMILES string of the molecule is CCCN(CCN(C)C)S(=O)(=O)c1ccnc(N)c1. The lowest BCUT2D eigenvalue weighted by Crippen LogP contribution is -2.37. The minimum atomic E-state index is -3.49. The van der Waals surface area contributed by atoms with Gasteiger partial charge < -0.3 is 10.6 Å². The van der Waals surface area contributed by atoms with Gasteiger partial charge in [0.05, 0.1) is 4.90 Å². The van der Waals surface area contributed by atoms with Gasteiger partial charge in [0, 0.05) is 31.9 Å². The Labute approximate surface area is 115 Å². The maximum absolute atomic E-state index is 12.5. The van der Waals surface area contributed by atoms with E-state index in [1.54, 1.807) is 0 Å². The standard InChI is InChI=1S/C12H22N4O2S/c1-4-7-16(9-8-15(2)3)19(17,18)11-5-6-14-12(13)10-11/h5-6,10H,4,7-9H2,1-3H3,(H2,13,14). The van der Waals surface area contributed by atoms with E-state index in [4.69, 9.17) is 5.73 Å². The van der Waals surface area contributed by atoms with Gasteiger partial charge in [-0.2, -0.15) is 4.31 Å². The van der Waals surface area contributed by atoms with Crippen molar-refractivity contribution in [2.24, 2.45) is 0 Å². The van der Waals surface area contributed by atoms with Gasteiger partial charge in [0.1, 0.15) is 5.82 Å². The quantitative estimate of drug-likeness (QED) is 0.795. The second kappa shape index (κ2) is 6.83. The molecule has 0 aromatic carbocycles. The fourth-order valence-corrected chi connectivity index (χ4v) is 3.20. The van der Waals surface area contributed by atoms with E-state index in [0.717, 1.165) is 6.42 Å². The molecule has 19 heavy (non-hydrogen) atoms. The number of likely N-dealkylation sites (N-methyl/N-ethyl adjacent to an activating group) is 1. The maximum Gasteiger partial charge on any atom is 0.243 e. The second-order valence-corrected chi connectivity index (χ2v) is 6.56. The molecule has 2 N–H and O–H groups in total.